The predicted octanol–water partition coefficient (Wildman–Crippen LogP) is 1.74. The maximum absolute atomic E-state index is 11.9. The fraction of sp³-hybridized carbons (Fsp3) is 0.0769. The Bertz CT molecular complexity index is 626. The molecule has 0 aliphatic rings. The highest BCUT2D eigenvalue weighted by molar-refractivity contribution is 6.02. The van der Waals surface area contributed by atoms with Crippen LogP contribution in [-0.2, 0) is 0 Å². The van der Waals surface area contributed by atoms with Crippen molar-refractivity contribution in [3.8, 4) is 0 Å². The normalized spacial score (nSPS) is 9.95. The van der Waals surface area contributed by atoms with E-state index in [1.165, 1.54) is 12.1 Å². The second kappa shape index (κ2) is 5.26. The number of hydrogen-bond donors (Lipinski definition) is 2. The number of carboxylic acid groups (broad SMARTS) is 1. The monoisotopic (exact) mass is 257 g/mol. The Morgan fingerprint density at radius 3 is 2.58 bits per heavy atom. The smallest absolute Gasteiger partial charge is 0.337 e. The largest absolute Gasteiger partial charge is 0.478 e. The van der Waals surface area contributed by atoms with Crippen LogP contribution in [0.1, 0.15) is 26.5 Å². The van der Waals surface area contributed by atoms with E-state index < -0.39 is 11.9 Å². The van der Waals surface area contributed by atoms with E-state index >= 15 is 0 Å². The number of carboxylic acids is 1. The molecule has 0 fully saturated rings. The molecule has 0 spiro atoms. The third kappa shape index (κ3) is 2.92. The molecule has 0 aliphatic heterocycles. The minimum atomic E-state index is -1.07. The molecule has 6 nitrogen and oxygen atoms in total. The number of carbonyl (C=O) groups is 2. The van der Waals surface area contributed by atoms with Crippen molar-refractivity contribution in [1.29, 1.82) is 0 Å². The van der Waals surface area contributed by atoms with Crippen molar-refractivity contribution >= 4 is 17.7 Å². The highest BCUT2D eigenvalue weighted by Gasteiger charge is 2.13. The molecule has 0 radical (unpaired) electrons. The van der Waals surface area contributed by atoms with Gasteiger partial charge in [0.15, 0.2) is 0 Å². The lowest BCUT2D eigenvalue weighted by Gasteiger charge is -2.05. The molecule has 2 heterocycles. The first-order valence-electron chi connectivity index (χ1n) is 5.51. The Hall–Kier alpha value is -2.76. The van der Waals surface area contributed by atoms with E-state index in [1.54, 1.807) is 31.3 Å². The molecule has 2 N–H and O–H groups in total. The van der Waals surface area contributed by atoms with Crippen molar-refractivity contribution in [2.45, 2.75) is 6.92 Å². The number of aromatic nitrogens is 2. The molecule has 0 bridgehead atoms. The Balaban J connectivity index is 2.21. The van der Waals surface area contributed by atoms with Gasteiger partial charge in [-0.05, 0) is 31.2 Å². The summed E-state index contributed by atoms with van der Waals surface area (Å²) in [6.07, 6.45) is 1.56. The number of pyridine rings is 2. The third-order valence-corrected chi connectivity index (χ3v) is 2.46. The van der Waals surface area contributed by atoms with Crippen molar-refractivity contribution in [2.24, 2.45) is 0 Å². The lowest BCUT2D eigenvalue weighted by atomic mass is 10.2. The number of nitrogens with one attached hydrogen (secondary N) is 1. The molecule has 0 atom stereocenters. The van der Waals surface area contributed by atoms with E-state index in [1.807, 2.05) is 0 Å². The molecule has 96 valence electrons. The summed E-state index contributed by atoms with van der Waals surface area (Å²) in [7, 11) is 0. The second-order valence-electron chi connectivity index (χ2n) is 3.80. The highest BCUT2D eigenvalue weighted by Crippen LogP contribution is 2.09. The van der Waals surface area contributed by atoms with Gasteiger partial charge in [-0.3, -0.25) is 4.79 Å². The van der Waals surface area contributed by atoms with Gasteiger partial charge < -0.3 is 10.4 Å². The molecular formula is C13H11N3O3. The summed E-state index contributed by atoms with van der Waals surface area (Å²) in [5, 5.41) is 11.5. The van der Waals surface area contributed by atoms with Gasteiger partial charge in [0.1, 0.15) is 11.5 Å². The van der Waals surface area contributed by atoms with Crippen molar-refractivity contribution in [1.82, 2.24) is 9.97 Å². The molecule has 6 heteroatoms. The van der Waals surface area contributed by atoms with Gasteiger partial charge in [0.05, 0.1) is 11.3 Å². The number of hydrogen-bond acceptors (Lipinski definition) is 4. The Morgan fingerprint density at radius 1 is 1.21 bits per heavy atom. The van der Waals surface area contributed by atoms with Gasteiger partial charge in [0.2, 0.25) is 0 Å². The molecule has 0 unspecified atom stereocenters. The SMILES string of the molecule is Cc1nc(C(=O)Nc2ccccn2)ccc1C(=O)O. The van der Waals surface area contributed by atoms with E-state index in [0.717, 1.165) is 0 Å². The number of amides is 1. The summed E-state index contributed by atoms with van der Waals surface area (Å²) in [5.74, 6) is -1.09. The van der Waals surface area contributed by atoms with Crippen LogP contribution in [-0.4, -0.2) is 27.0 Å². The minimum Gasteiger partial charge on any atom is -0.478 e. The van der Waals surface area contributed by atoms with E-state index in [2.05, 4.69) is 15.3 Å². The number of aromatic carboxylic acids is 1. The first-order chi connectivity index (χ1) is 9.08. The van der Waals surface area contributed by atoms with Gasteiger partial charge in [-0.2, -0.15) is 0 Å². The van der Waals surface area contributed by atoms with Crippen LogP contribution in [0.2, 0.25) is 0 Å². The summed E-state index contributed by atoms with van der Waals surface area (Å²) in [4.78, 5) is 30.7. The fourth-order valence-corrected chi connectivity index (χ4v) is 1.53. The molecule has 0 saturated heterocycles. The summed E-state index contributed by atoms with van der Waals surface area (Å²) >= 11 is 0. The topological polar surface area (TPSA) is 92.2 Å². The van der Waals surface area contributed by atoms with Crippen LogP contribution in [0.5, 0.6) is 0 Å². The standard InChI is InChI=1S/C13H11N3O3/c1-8-9(13(18)19)5-6-10(15-8)12(17)16-11-4-2-3-7-14-11/h2-7H,1H3,(H,18,19)(H,14,16,17). The number of nitrogens with zero attached hydrogens (tertiary/aromatic N) is 2. The summed E-state index contributed by atoms with van der Waals surface area (Å²) < 4.78 is 0. The molecule has 0 saturated carbocycles. The van der Waals surface area contributed by atoms with Crippen molar-refractivity contribution in [2.75, 3.05) is 5.32 Å². The number of carbonyl (C=O) groups excluding carboxylic acids is 1. The predicted molar refractivity (Wildman–Crippen MR) is 68.1 cm³/mol. The first-order valence-corrected chi connectivity index (χ1v) is 5.51. The van der Waals surface area contributed by atoms with E-state index in [0.29, 0.717) is 11.5 Å². The lowest BCUT2D eigenvalue weighted by molar-refractivity contribution is 0.0695. The lowest BCUT2D eigenvalue weighted by Crippen LogP contribution is -2.16. The van der Waals surface area contributed by atoms with Crippen LogP contribution >= 0.6 is 0 Å². The van der Waals surface area contributed by atoms with Crippen LogP contribution in [0, 0.1) is 6.92 Å². The van der Waals surface area contributed by atoms with E-state index in [-0.39, 0.29) is 11.3 Å². The average Bonchev–Trinajstić information content (AvgIpc) is 2.39. The number of aryl methyl sites for hydroxylation is 1. The molecule has 0 aliphatic carbocycles. The zero-order valence-corrected chi connectivity index (χ0v) is 10.1. The molecule has 2 rings (SSSR count). The number of anilines is 1. The van der Waals surface area contributed by atoms with Gasteiger partial charge >= 0.3 is 5.97 Å². The van der Waals surface area contributed by atoms with Crippen molar-refractivity contribution in [3.63, 3.8) is 0 Å². The Labute approximate surface area is 109 Å². The van der Waals surface area contributed by atoms with E-state index in [4.69, 9.17) is 5.11 Å². The Kier molecular flexibility index (Phi) is 3.51. The van der Waals surface area contributed by atoms with Crippen LogP contribution < -0.4 is 5.32 Å². The zero-order chi connectivity index (χ0) is 13.8. The zero-order valence-electron chi connectivity index (χ0n) is 10.1. The van der Waals surface area contributed by atoms with Crippen LogP contribution in [0.4, 0.5) is 5.82 Å². The van der Waals surface area contributed by atoms with Crippen molar-refractivity contribution < 1.29 is 14.7 Å². The third-order valence-electron chi connectivity index (χ3n) is 2.46. The maximum atomic E-state index is 11.9. The van der Waals surface area contributed by atoms with Gasteiger partial charge in [0, 0.05) is 6.20 Å². The van der Waals surface area contributed by atoms with Crippen LogP contribution in [0.15, 0.2) is 36.5 Å². The van der Waals surface area contributed by atoms with Gasteiger partial charge in [-0.1, -0.05) is 6.07 Å². The molecular weight excluding hydrogens is 246 g/mol. The fourth-order valence-electron chi connectivity index (χ4n) is 1.53. The first kappa shape index (κ1) is 12.7. The van der Waals surface area contributed by atoms with Crippen molar-refractivity contribution in [3.05, 3.63) is 53.5 Å². The van der Waals surface area contributed by atoms with E-state index in [9.17, 15) is 9.59 Å². The van der Waals surface area contributed by atoms with Gasteiger partial charge in [0.25, 0.3) is 5.91 Å². The van der Waals surface area contributed by atoms with Gasteiger partial charge in [-0.25, -0.2) is 14.8 Å². The van der Waals surface area contributed by atoms with Crippen LogP contribution in [0.3, 0.4) is 0 Å². The molecule has 19 heavy (non-hydrogen) atoms. The second-order valence-corrected chi connectivity index (χ2v) is 3.80. The van der Waals surface area contributed by atoms with Gasteiger partial charge in [-0.15, -0.1) is 0 Å². The molecule has 0 aromatic carbocycles. The molecule has 2 aromatic rings. The maximum Gasteiger partial charge on any atom is 0.337 e. The van der Waals surface area contributed by atoms with Crippen LogP contribution in [0.25, 0.3) is 0 Å². The number of rotatable bonds is 3. The summed E-state index contributed by atoms with van der Waals surface area (Å²) in [5.41, 5.74) is 0.517. The Morgan fingerprint density at radius 2 is 2.00 bits per heavy atom. The summed E-state index contributed by atoms with van der Waals surface area (Å²) in [6, 6.07) is 7.86. The summed E-state index contributed by atoms with van der Waals surface area (Å²) in [6.45, 7) is 1.54. The average molecular weight is 257 g/mol. The highest BCUT2D eigenvalue weighted by atomic mass is 16.4. The quantitative estimate of drug-likeness (QED) is 0.873. The molecule has 2 aromatic heterocycles. The minimum absolute atomic E-state index is 0.0781. The molecule has 1 amide bonds.